The molecule has 0 saturated carbocycles. The highest BCUT2D eigenvalue weighted by atomic mass is 35.5. The lowest BCUT2D eigenvalue weighted by molar-refractivity contribution is 0.0530. The quantitative estimate of drug-likeness (QED) is 0.344. The number of carbonyl (C=O) groups is 2. The Bertz CT molecular complexity index is 1110. The zero-order valence-electron chi connectivity index (χ0n) is 18.0. The molecular weight excluding hydrogens is 451 g/mol. The Hall–Kier alpha value is -3.03. The van der Waals surface area contributed by atoms with Gasteiger partial charge >= 0.3 is 6.09 Å². The molecule has 1 amide bonds. The zero-order chi connectivity index (χ0) is 23.3. The molecule has 0 bridgehead atoms. The molecule has 0 aliphatic carbocycles. The highest BCUT2D eigenvalue weighted by Crippen LogP contribution is 2.35. The summed E-state index contributed by atoms with van der Waals surface area (Å²) in [5, 5.41) is 11.4. The van der Waals surface area contributed by atoms with Gasteiger partial charge in [-0.3, -0.25) is 4.79 Å². The van der Waals surface area contributed by atoms with E-state index in [1.807, 2.05) is 30.3 Å². The lowest BCUT2D eigenvalue weighted by atomic mass is 10.1. The van der Waals surface area contributed by atoms with Crippen LogP contribution < -0.4 is 10.6 Å². The van der Waals surface area contributed by atoms with Gasteiger partial charge in [0.2, 0.25) is 0 Å². The van der Waals surface area contributed by atoms with Crippen LogP contribution in [0.4, 0.5) is 10.5 Å². The number of alkyl carbamates (subject to hydrolysis) is 1. The van der Waals surface area contributed by atoms with E-state index in [0.717, 1.165) is 5.56 Å². The van der Waals surface area contributed by atoms with E-state index < -0.39 is 11.7 Å². The number of amides is 1. The number of anilines is 1. The summed E-state index contributed by atoms with van der Waals surface area (Å²) in [5.41, 5.74) is 2.22. The summed E-state index contributed by atoms with van der Waals surface area (Å²) in [5.74, 6) is 0. The number of para-hydroxylation sites is 1. The third-order valence-electron chi connectivity index (χ3n) is 4.32. The molecule has 9 heteroatoms. The number of nitrogens with one attached hydrogen (secondary N) is 2. The second-order valence-corrected chi connectivity index (χ2v) is 8.80. The standard InChI is InChI=1S/C23H24Cl2N4O3/c1-23(2,3)32-22(31)27-13-12-26-20-18(14-30)28-29(19-7-5-4-6-17(19)25)21(20)15-8-10-16(24)11-9-15/h4-11,14,26H,12-13H2,1-3H3,(H,27,31). The summed E-state index contributed by atoms with van der Waals surface area (Å²) >= 11 is 12.5. The van der Waals surface area contributed by atoms with Gasteiger partial charge in [0, 0.05) is 23.7 Å². The van der Waals surface area contributed by atoms with Crippen LogP contribution in [0, 0.1) is 0 Å². The number of nitrogens with zero attached hydrogens (tertiary/aromatic N) is 2. The number of benzene rings is 2. The van der Waals surface area contributed by atoms with Crippen LogP contribution >= 0.6 is 23.2 Å². The van der Waals surface area contributed by atoms with Gasteiger partial charge in [-0.1, -0.05) is 47.5 Å². The number of hydrogen-bond acceptors (Lipinski definition) is 5. The molecule has 0 spiro atoms. The molecule has 0 saturated heterocycles. The predicted octanol–water partition coefficient (Wildman–Crippen LogP) is 5.60. The van der Waals surface area contributed by atoms with Crippen molar-refractivity contribution in [3.63, 3.8) is 0 Å². The van der Waals surface area contributed by atoms with E-state index in [4.69, 9.17) is 27.9 Å². The van der Waals surface area contributed by atoms with Crippen molar-refractivity contribution in [3.05, 3.63) is 64.3 Å². The molecule has 0 aliphatic heterocycles. The highest BCUT2D eigenvalue weighted by Gasteiger charge is 2.21. The van der Waals surface area contributed by atoms with Crippen LogP contribution in [-0.2, 0) is 4.74 Å². The number of ether oxygens (including phenoxy) is 1. The van der Waals surface area contributed by atoms with Gasteiger partial charge in [0.15, 0.2) is 6.29 Å². The smallest absolute Gasteiger partial charge is 0.407 e. The van der Waals surface area contributed by atoms with Crippen LogP contribution in [0.15, 0.2) is 48.5 Å². The molecule has 2 N–H and O–H groups in total. The summed E-state index contributed by atoms with van der Waals surface area (Å²) in [6, 6.07) is 14.4. The lowest BCUT2D eigenvalue weighted by Crippen LogP contribution is -2.35. The van der Waals surface area contributed by atoms with Gasteiger partial charge < -0.3 is 15.4 Å². The Morgan fingerprint density at radius 1 is 1.09 bits per heavy atom. The maximum atomic E-state index is 11.9. The van der Waals surface area contributed by atoms with Crippen LogP contribution in [0.25, 0.3) is 16.9 Å². The molecule has 3 rings (SSSR count). The number of aldehydes is 1. The first-order valence-corrected chi connectivity index (χ1v) is 10.7. The largest absolute Gasteiger partial charge is 0.444 e. The molecule has 32 heavy (non-hydrogen) atoms. The maximum Gasteiger partial charge on any atom is 0.407 e. The SMILES string of the molecule is CC(C)(C)OC(=O)NCCNc1c(C=O)nn(-c2ccccc2Cl)c1-c1ccc(Cl)cc1. The third kappa shape index (κ3) is 5.81. The minimum absolute atomic E-state index is 0.215. The van der Waals surface area contributed by atoms with Crippen LogP contribution in [-0.4, -0.2) is 40.9 Å². The summed E-state index contributed by atoms with van der Waals surface area (Å²) < 4.78 is 6.86. The monoisotopic (exact) mass is 474 g/mol. The normalized spacial score (nSPS) is 11.2. The summed E-state index contributed by atoms with van der Waals surface area (Å²) in [4.78, 5) is 23.7. The summed E-state index contributed by atoms with van der Waals surface area (Å²) in [6.45, 7) is 6.01. The van der Waals surface area contributed by atoms with Crippen molar-refractivity contribution >= 4 is 41.3 Å². The van der Waals surface area contributed by atoms with Gasteiger partial charge in [0.05, 0.1) is 22.1 Å². The average molecular weight is 475 g/mol. The topological polar surface area (TPSA) is 85.2 Å². The molecule has 1 heterocycles. The highest BCUT2D eigenvalue weighted by molar-refractivity contribution is 6.32. The van der Waals surface area contributed by atoms with Gasteiger partial charge in [-0.15, -0.1) is 0 Å². The van der Waals surface area contributed by atoms with Crippen molar-refractivity contribution < 1.29 is 14.3 Å². The van der Waals surface area contributed by atoms with E-state index in [9.17, 15) is 9.59 Å². The number of aromatic nitrogens is 2. The molecule has 0 fully saturated rings. The lowest BCUT2D eigenvalue weighted by Gasteiger charge is -2.19. The molecule has 0 unspecified atom stereocenters. The molecule has 3 aromatic rings. The minimum atomic E-state index is -0.583. The molecular formula is C23H24Cl2N4O3. The van der Waals surface area contributed by atoms with Crippen LogP contribution in [0.1, 0.15) is 31.3 Å². The maximum absolute atomic E-state index is 11.9. The van der Waals surface area contributed by atoms with Gasteiger partial charge in [0.25, 0.3) is 0 Å². The van der Waals surface area contributed by atoms with Crippen molar-refractivity contribution in [3.8, 4) is 16.9 Å². The van der Waals surface area contributed by atoms with Gasteiger partial charge in [-0.2, -0.15) is 5.10 Å². The molecule has 7 nitrogen and oxygen atoms in total. The first kappa shape index (κ1) is 23.6. The van der Waals surface area contributed by atoms with Crippen molar-refractivity contribution in [2.24, 2.45) is 0 Å². The predicted molar refractivity (Wildman–Crippen MR) is 127 cm³/mol. The Morgan fingerprint density at radius 3 is 2.41 bits per heavy atom. The molecule has 0 radical (unpaired) electrons. The zero-order valence-corrected chi connectivity index (χ0v) is 19.5. The minimum Gasteiger partial charge on any atom is -0.444 e. The first-order valence-electron chi connectivity index (χ1n) is 9.99. The van der Waals surface area contributed by atoms with E-state index in [0.29, 0.717) is 39.9 Å². The first-order chi connectivity index (χ1) is 15.2. The van der Waals surface area contributed by atoms with Crippen LogP contribution in [0.3, 0.4) is 0 Å². The number of halogens is 2. The number of hydrogen-bond donors (Lipinski definition) is 2. The molecule has 0 atom stereocenters. The van der Waals surface area contributed by atoms with Crippen molar-refractivity contribution in [2.45, 2.75) is 26.4 Å². The fraction of sp³-hybridized carbons (Fsp3) is 0.261. The van der Waals surface area contributed by atoms with E-state index >= 15 is 0 Å². The van der Waals surface area contributed by atoms with E-state index in [-0.39, 0.29) is 12.2 Å². The number of carbonyl (C=O) groups excluding carboxylic acids is 2. The Kier molecular flexibility index (Phi) is 7.43. The summed E-state index contributed by atoms with van der Waals surface area (Å²) in [6.07, 6.45) is 0.163. The second-order valence-electron chi connectivity index (χ2n) is 7.95. The van der Waals surface area contributed by atoms with Crippen molar-refractivity contribution in [2.75, 3.05) is 18.4 Å². The molecule has 168 valence electrons. The van der Waals surface area contributed by atoms with Crippen molar-refractivity contribution in [1.82, 2.24) is 15.1 Å². The van der Waals surface area contributed by atoms with Gasteiger partial charge in [-0.05, 0) is 45.0 Å². The van der Waals surface area contributed by atoms with E-state index in [2.05, 4.69) is 15.7 Å². The van der Waals surface area contributed by atoms with Crippen molar-refractivity contribution in [1.29, 1.82) is 0 Å². The number of rotatable bonds is 7. The molecule has 1 aromatic heterocycles. The summed E-state index contributed by atoms with van der Waals surface area (Å²) in [7, 11) is 0. The van der Waals surface area contributed by atoms with E-state index in [1.165, 1.54) is 0 Å². The van der Waals surface area contributed by atoms with Crippen LogP contribution in [0.5, 0.6) is 0 Å². The Balaban J connectivity index is 1.93. The fourth-order valence-electron chi connectivity index (χ4n) is 3.03. The molecule has 0 aliphatic rings. The van der Waals surface area contributed by atoms with E-state index in [1.54, 1.807) is 43.7 Å². The molecule has 2 aromatic carbocycles. The van der Waals surface area contributed by atoms with Gasteiger partial charge in [-0.25, -0.2) is 9.48 Å². The fourth-order valence-corrected chi connectivity index (χ4v) is 3.37. The Labute approximate surface area is 196 Å². The average Bonchev–Trinajstić information content (AvgIpc) is 3.09. The second kappa shape index (κ2) is 10.1. The third-order valence-corrected chi connectivity index (χ3v) is 4.89. The van der Waals surface area contributed by atoms with Gasteiger partial charge in [0.1, 0.15) is 11.3 Å². The van der Waals surface area contributed by atoms with Crippen LogP contribution in [0.2, 0.25) is 10.0 Å². The Morgan fingerprint density at radius 2 is 1.78 bits per heavy atom.